The summed E-state index contributed by atoms with van der Waals surface area (Å²) in [6, 6.07) is 1.11. The lowest BCUT2D eigenvalue weighted by Crippen LogP contribution is -2.37. The number of nitrogens with one attached hydrogen (secondary N) is 2. The average molecular weight is 336 g/mol. The molecule has 0 bridgehead atoms. The summed E-state index contributed by atoms with van der Waals surface area (Å²) in [6.45, 7) is 4.38. The summed E-state index contributed by atoms with van der Waals surface area (Å²) < 4.78 is 26.8. The van der Waals surface area contributed by atoms with Crippen LogP contribution in [0.5, 0.6) is 0 Å². The highest BCUT2D eigenvalue weighted by Crippen LogP contribution is 2.36. The third-order valence-electron chi connectivity index (χ3n) is 2.94. The van der Waals surface area contributed by atoms with E-state index in [1.165, 1.54) is 0 Å². The van der Waals surface area contributed by atoms with Gasteiger partial charge in [-0.25, -0.2) is 13.1 Å². The number of nitro groups is 1. The van der Waals surface area contributed by atoms with E-state index in [0.29, 0.717) is 6.54 Å². The van der Waals surface area contributed by atoms with Crippen molar-refractivity contribution in [2.45, 2.75) is 24.1 Å². The van der Waals surface area contributed by atoms with E-state index in [2.05, 4.69) is 10.0 Å². The number of anilines is 1. The van der Waals surface area contributed by atoms with Gasteiger partial charge in [0.25, 0.3) is 0 Å². The second-order valence-electron chi connectivity index (χ2n) is 4.73. The summed E-state index contributed by atoms with van der Waals surface area (Å²) in [5, 5.41) is 14.0. The van der Waals surface area contributed by atoms with Gasteiger partial charge in [-0.3, -0.25) is 10.1 Å². The van der Waals surface area contributed by atoms with Crippen molar-refractivity contribution < 1.29 is 13.3 Å². The lowest BCUT2D eigenvalue weighted by atomic mass is 10.3. The molecular formula is C11H20N4O4S2. The molecule has 0 aliphatic carbocycles. The molecule has 0 saturated heterocycles. The zero-order valence-electron chi connectivity index (χ0n) is 12.4. The molecule has 0 fully saturated rings. The smallest absolute Gasteiger partial charge is 0.304 e. The molecule has 21 heavy (non-hydrogen) atoms. The Labute approximate surface area is 128 Å². The molecule has 1 atom stereocenters. The molecule has 1 aromatic heterocycles. The van der Waals surface area contributed by atoms with E-state index in [-0.39, 0.29) is 27.5 Å². The molecule has 1 rings (SSSR count). The summed E-state index contributed by atoms with van der Waals surface area (Å²) in [4.78, 5) is 12.2. The summed E-state index contributed by atoms with van der Waals surface area (Å²) in [5.74, 6) is 0. The molecular weight excluding hydrogens is 316 g/mol. The van der Waals surface area contributed by atoms with Crippen LogP contribution in [0, 0.1) is 10.1 Å². The van der Waals surface area contributed by atoms with Gasteiger partial charge in [0.15, 0.2) is 5.00 Å². The number of hydrogen-bond acceptors (Lipinski definition) is 7. The number of sulfonamides is 1. The number of hydrogen-bond donors (Lipinski definition) is 2. The monoisotopic (exact) mass is 336 g/mol. The quantitative estimate of drug-likeness (QED) is 0.548. The first-order valence-corrected chi connectivity index (χ1v) is 8.67. The Morgan fingerprint density at radius 2 is 2.10 bits per heavy atom. The summed E-state index contributed by atoms with van der Waals surface area (Å²) in [7, 11) is -0.0540. The Balaban J connectivity index is 2.98. The number of thiophene rings is 1. The molecule has 1 aromatic rings. The van der Waals surface area contributed by atoms with Crippen LogP contribution in [0.3, 0.4) is 0 Å². The maximum atomic E-state index is 12.2. The predicted octanol–water partition coefficient (Wildman–Crippen LogP) is 1.32. The first-order chi connectivity index (χ1) is 9.69. The van der Waals surface area contributed by atoms with Crippen molar-refractivity contribution in [2.75, 3.05) is 32.5 Å². The standard InChI is InChI=1S/C11H20N4O4S2/c1-5-12-11-9(15(16)17)6-10(20-11)21(18,19)13-7-8(2)14(3)4/h6,8,12-13H,5,7H2,1-4H3. The first kappa shape index (κ1) is 17.8. The minimum Gasteiger partial charge on any atom is -0.372 e. The van der Waals surface area contributed by atoms with Crippen molar-refractivity contribution in [3.8, 4) is 0 Å². The van der Waals surface area contributed by atoms with Crippen LogP contribution >= 0.6 is 11.3 Å². The van der Waals surface area contributed by atoms with Crippen molar-refractivity contribution in [1.29, 1.82) is 0 Å². The van der Waals surface area contributed by atoms with Crippen LogP contribution in [-0.4, -0.2) is 51.5 Å². The fourth-order valence-corrected chi connectivity index (χ4v) is 3.96. The number of nitrogens with zero attached hydrogens (tertiary/aromatic N) is 2. The molecule has 0 spiro atoms. The van der Waals surface area contributed by atoms with Gasteiger partial charge in [0.1, 0.15) is 4.21 Å². The molecule has 10 heteroatoms. The van der Waals surface area contributed by atoms with Gasteiger partial charge in [0, 0.05) is 25.2 Å². The van der Waals surface area contributed by atoms with E-state index in [4.69, 9.17) is 0 Å². The van der Waals surface area contributed by atoms with Crippen molar-refractivity contribution >= 4 is 32.0 Å². The minimum atomic E-state index is -3.74. The Morgan fingerprint density at radius 3 is 2.57 bits per heavy atom. The molecule has 8 nitrogen and oxygen atoms in total. The van der Waals surface area contributed by atoms with E-state index in [1.807, 2.05) is 25.9 Å². The van der Waals surface area contributed by atoms with E-state index in [0.717, 1.165) is 17.4 Å². The molecule has 1 heterocycles. The van der Waals surface area contributed by atoms with Crippen LogP contribution in [0.25, 0.3) is 0 Å². The van der Waals surface area contributed by atoms with Gasteiger partial charge in [-0.05, 0) is 27.9 Å². The lowest BCUT2D eigenvalue weighted by Gasteiger charge is -2.19. The van der Waals surface area contributed by atoms with Crippen LogP contribution in [0.15, 0.2) is 10.3 Å². The SMILES string of the molecule is CCNc1sc(S(=O)(=O)NCC(C)N(C)C)cc1[N+](=O)[O-]. The minimum absolute atomic E-state index is 0.0166. The highest BCUT2D eigenvalue weighted by molar-refractivity contribution is 7.91. The van der Waals surface area contributed by atoms with Gasteiger partial charge in [0.05, 0.1) is 4.92 Å². The molecule has 2 N–H and O–H groups in total. The van der Waals surface area contributed by atoms with E-state index < -0.39 is 14.9 Å². The molecule has 0 saturated carbocycles. The Hall–Kier alpha value is -1.23. The second-order valence-corrected chi connectivity index (χ2v) is 7.78. The maximum Gasteiger partial charge on any atom is 0.304 e. The molecule has 0 amide bonds. The molecule has 0 aliphatic rings. The van der Waals surface area contributed by atoms with E-state index in [1.54, 1.807) is 6.92 Å². The van der Waals surface area contributed by atoms with Crippen LogP contribution in [0.1, 0.15) is 13.8 Å². The van der Waals surface area contributed by atoms with Gasteiger partial charge < -0.3 is 10.2 Å². The van der Waals surface area contributed by atoms with Crippen molar-refractivity contribution in [1.82, 2.24) is 9.62 Å². The molecule has 0 aromatic carbocycles. The predicted molar refractivity (Wildman–Crippen MR) is 83.5 cm³/mol. The number of likely N-dealkylation sites (N-methyl/N-ethyl adjacent to an activating group) is 1. The summed E-state index contributed by atoms with van der Waals surface area (Å²) in [5.41, 5.74) is -0.220. The van der Waals surface area contributed by atoms with Gasteiger partial charge in [0.2, 0.25) is 10.0 Å². The largest absolute Gasteiger partial charge is 0.372 e. The Kier molecular flexibility index (Phi) is 6.08. The zero-order valence-corrected chi connectivity index (χ0v) is 14.0. The van der Waals surface area contributed by atoms with Crippen LogP contribution in [-0.2, 0) is 10.0 Å². The number of rotatable bonds is 8. The summed E-state index contributed by atoms with van der Waals surface area (Å²) >= 11 is 0.863. The highest BCUT2D eigenvalue weighted by Gasteiger charge is 2.26. The van der Waals surface area contributed by atoms with E-state index in [9.17, 15) is 18.5 Å². The third kappa shape index (κ3) is 4.63. The zero-order chi connectivity index (χ0) is 16.2. The Morgan fingerprint density at radius 1 is 1.48 bits per heavy atom. The maximum absolute atomic E-state index is 12.2. The average Bonchev–Trinajstić information content (AvgIpc) is 2.81. The van der Waals surface area contributed by atoms with Crippen molar-refractivity contribution in [2.24, 2.45) is 0 Å². The van der Waals surface area contributed by atoms with Crippen LogP contribution < -0.4 is 10.0 Å². The molecule has 0 aliphatic heterocycles. The third-order valence-corrected chi connectivity index (χ3v) is 5.92. The van der Waals surface area contributed by atoms with Gasteiger partial charge in [-0.2, -0.15) is 0 Å². The first-order valence-electron chi connectivity index (χ1n) is 6.37. The van der Waals surface area contributed by atoms with Gasteiger partial charge in [-0.1, -0.05) is 11.3 Å². The van der Waals surface area contributed by atoms with E-state index >= 15 is 0 Å². The van der Waals surface area contributed by atoms with Crippen LogP contribution in [0.2, 0.25) is 0 Å². The fraction of sp³-hybridized carbons (Fsp3) is 0.636. The highest BCUT2D eigenvalue weighted by atomic mass is 32.2. The fourth-order valence-electron chi connectivity index (χ4n) is 1.40. The molecule has 0 radical (unpaired) electrons. The van der Waals surface area contributed by atoms with Crippen molar-refractivity contribution in [3.63, 3.8) is 0 Å². The topological polar surface area (TPSA) is 105 Å². The second kappa shape index (κ2) is 7.16. The molecule has 1 unspecified atom stereocenters. The van der Waals surface area contributed by atoms with Gasteiger partial charge >= 0.3 is 5.69 Å². The van der Waals surface area contributed by atoms with Crippen LogP contribution in [0.4, 0.5) is 10.7 Å². The van der Waals surface area contributed by atoms with Gasteiger partial charge in [-0.15, -0.1) is 0 Å². The molecule has 120 valence electrons. The summed E-state index contributed by atoms with van der Waals surface area (Å²) in [6.07, 6.45) is 0. The normalized spacial score (nSPS) is 13.4. The van der Waals surface area contributed by atoms with Crippen molar-refractivity contribution in [3.05, 3.63) is 16.2 Å². The lowest BCUT2D eigenvalue weighted by molar-refractivity contribution is -0.383. The Bertz CT molecular complexity index is 597.